The molecule has 1 aromatic carbocycles. The molecule has 2 heterocycles. The Morgan fingerprint density at radius 1 is 1.23 bits per heavy atom. The van der Waals surface area contributed by atoms with E-state index in [0.29, 0.717) is 5.75 Å². The number of hydrogen-bond acceptors (Lipinski definition) is 7. The molecule has 1 aliphatic rings. The van der Waals surface area contributed by atoms with Crippen LogP contribution in [0.1, 0.15) is 18.9 Å². The van der Waals surface area contributed by atoms with Crippen molar-refractivity contribution in [3.63, 3.8) is 0 Å². The van der Waals surface area contributed by atoms with E-state index in [4.69, 9.17) is 15.2 Å². The molecule has 12 heteroatoms. The van der Waals surface area contributed by atoms with Crippen molar-refractivity contribution in [2.75, 3.05) is 36.1 Å². The van der Waals surface area contributed by atoms with Gasteiger partial charge < -0.3 is 25.4 Å². The number of benzene rings is 1. The van der Waals surface area contributed by atoms with Crippen molar-refractivity contribution in [1.82, 2.24) is 9.97 Å². The summed E-state index contributed by atoms with van der Waals surface area (Å²) in [5, 5.41) is 2.91. The fourth-order valence-corrected chi connectivity index (χ4v) is 2.94. The molecule has 2 aromatic rings. The SMILES string of the molecule is COc1ccc(CNc2nc(O[C@@H](C)C(F)(F)F)nc(N3CCC(F)(F)C3)c2N)cc1. The summed E-state index contributed by atoms with van der Waals surface area (Å²) in [6.07, 6.45) is -7.26. The molecule has 3 rings (SSSR count). The minimum absolute atomic E-state index is 0.0135. The molecule has 7 nitrogen and oxygen atoms in total. The number of halogens is 5. The molecule has 0 unspecified atom stereocenters. The van der Waals surface area contributed by atoms with Crippen molar-refractivity contribution >= 4 is 17.3 Å². The summed E-state index contributed by atoms with van der Waals surface area (Å²) >= 11 is 0. The number of nitrogens with one attached hydrogen (secondary N) is 1. The van der Waals surface area contributed by atoms with Crippen LogP contribution in [0.2, 0.25) is 0 Å². The van der Waals surface area contributed by atoms with Crippen molar-refractivity contribution < 1.29 is 31.4 Å². The summed E-state index contributed by atoms with van der Waals surface area (Å²) < 4.78 is 76.0. The molecule has 0 bridgehead atoms. The first kappa shape index (κ1) is 22.6. The molecule has 0 amide bonds. The molecule has 3 N–H and O–H groups in total. The third kappa shape index (κ3) is 5.56. The second kappa shape index (κ2) is 8.60. The van der Waals surface area contributed by atoms with Gasteiger partial charge in [-0.2, -0.15) is 23.1 Å². The molecule has 1 aliphatic heterocycles. The van der Waals surface area contributed by atoms with Crippen molar-refractivity contribution in [3.8, 4) is 11.8 Å². The number of rotatable bonds is 7. The fourth-order valence-electron chi connectivity index (χ4n) is 2.94. The molecule has 170 valence electrons. The molecule has 31 heavy (non-hydrogen) atoms. The summed E-state index contributed by atoms with van der Waals surface area (Å²) in [6.45, 7) is 0.309. The quantitative estimate of drug-likeness (QED) is 0.624. The van der Waals surface area contributed by atoms with Gasteiger partial charge in [0.05, 0.1) is 13.7 Å². The zero-order valence-electron chi connectivity index (χ0n) is 16.8. The van der Waals surface area contributed by atoms with E-state index in [1.807, 2.05) is 0 Å². The van der Waals surface area contributed by atoms with Gasteiger partial charge in [0.25, 0.3) is 5.92 Å². The van der Waals surface area contributed by atoms with Crippen LogP contribution in [0, 0.1) is 0 Å². The second-order valence-electron chi connectivity index (χ2n) is 7.12. The first-order valence-corrected chi connectivity index (χ1v) is 9.39. The van der Waals surface area contributed by atoms with Gasteiger partial charge in [0.2, 0.25) is 0 Å². The van der Waals surface area contributed by atoms with Gasteiger partial charge in [-0.3, -0.25) is 0 Å². The summed E-state index contributed by atoms with van der Waals surface area (Å²) in [7, 11) is 1.53. The van der Waals surface area contributed by atoms with Gasteiger partial charge in [0, 0.05) is 19.5 Å². The van der Waals surface area contributed by atoms with Crippen molar-refractivity contribution in [1.29, 1.82) is 0 Å². The van der Waals surface area contributed by atoms with E-state index in [0.717, 1.165) is 12.5 Å². The lowest BCUT2D eigenvalue weighted by atomic mass is 10.2. The van der Waals surface area contributed by atoms with Crippen molar-refractivity contribution in [2.24, 2.45) is 0 Å². The number of nitrogens with zero attached hydrogens (tertiary/aromatic N) is 3. The van der Waals surface area contributed by atoms with Crippen LogP contribution in [0.3, 0.4) is 0 Å². The van der Waals surface area contributed by atoms with Crippen LogP contribution < -0.4 is 25.4 Å². The first-order valence-electron chi connectivity index (χ1n) is 9.39. The normalized spacial score (nSPS) is 16.8. The molecule has 0 aliphatic carbocycles. The Labute approximate surface area is 175 Å². The molecule has 1 aromatic heterocycles. The van der Waals surface area contributed by atoms with E-state index >= 15 is 0 Å². The van der Waals surface area contributed by atoms with E-state index in [-0.39, 0.29) is 30.4 Å². The maximum absolute atomic E-state index is 13.7. The number of ether oxygens (including phenoxy) is 2. The average molecular weight is 447 g/mol. The van der Waals surface area contributed by atoms with Crippen LogP contribution in [0.15, 0.2) is 24.3 Å². The van der Waals surface area contributed by atoms with E-state index in [1.165, 1.54) is 12.0 Å². The average Bonchev–Trinajstić information content (AvgIpc) is 3.07. The van der Waals surface area contributed by atoms with Crippen LogP contribution in [0.4, 0.5) is 39.3 Å². The van der Waals surface area contributed by atoms with Gasteiger partial charge in [-0.25, -0.2) is 8.78 Å². The highest BCUT2D eigenvalue weighted by atomic mass is 19.4. The number of anilines is 3. The summed E-state index contributed by atoms with van der Waals surface area (Å²) in [5.41, 5.74) is 6.82. The number of alkyl halides is 5. The molecule has 0 saturated carbocycles. The minimum Gasteiger partial charge on any atom is -0.497 e. The van der Waals surface area contributed by atoms with Gasteiger partial charge in [-0.05, 0) is 24.6 Å². The second-order valence-corrected chi connectivity index (χ2v) is 7.12. The Morgan fingerprint density at radius 2 is 1.90 bits per heavy atom. The van der Waals surface area contributed by atoms with Gasteiger partial charge in [0.1, 0.15) is 11.4 Å². The lowest BCUT2D eigenvalue weighted by molar-refractivity contribution is -0.190. The predicted molar refractivity (Wildman–Crippen MR) is 105 cm³/mol. The molecule has 1 atom stereocenters. The smallest absolute Gasteiger partial charge is 0.425 e. The lowest BCUT2D eigenvalue weighted by Gasteiger charge is -2.23. The molecule has 1 saturated heterocycles. The Kier molecular flexibility index (Phi) is 6.27. The number of nitrogens with two attached hydrogens (primary N) is 1. The van der Waals surface area contributed by atoms with E-state index in [1.54, 1.807) is 24.3 Å². The summed E-state index contributed by atoms with van der Waals surface area (Å²) in [6, 6.07) is 6.40. The topological polar surface area (TPSA) is 85.5 Å². The number of nitrogen functional groups attached to an aromatic ring is 1. The maximum Gasteiger partial charge on any atom is 0.425 e. The third-order valence-electron chi connectivity index (χ3n) is 4.74. The van der Waals surface area contributed by atoms with Gasteiger partial charge in [-0.1, -0.05) is 12.1 Å². The Hall–Kier alpha value is -3.05. The minimum atomic E-state index is -4.65. The number of methoxy groups -OCH3 is 1. The molecule has 0 spiro atoms. The highest BCUT2D eigenvalue weighted by Crippen LogP contribution is 2.37. The highest BCUT2D eigenvalue weighted by molar-refractivity contribution is 5.76. The van der Waals surface area contributed by atoms with Crippen molar-refractivity contribution in [3.05, 3.63) is 29.8 Å². The first-order chi connectivity index (χ1) is 14.5. The van der Waals surface area contributed by atoms with E-state index in [9.17, 15) is 22.0 Å². The Balaban J connectivity index is 1.88. The van der Waals surface area contributed by atoms with Gasteiger partial charge >= 0.3 is 12.2 Å². The molecule has 1 fully saturated rings. The molecular formula is C19H22F5N5O2. The summed E-state index contributed by atoms with van der Waals surface area (Å²) in [5.74, 6) is -2.41. The highest BCUT2D eigenvalue weighted by Gasteiger charge is 2.41. The predicted octanol–water partition coefficient (Wildman–Crippen LogP) is 3.85. The van der Waals surface area contributed by atoms with Crippen molar-refractivity contribution in [2.45, 2.75) is 38.1 Å². The largest absolute Gasteiger partial charge is 0.497 e. The fraction of sp³-hybridized carbons (Fsp3) is 0.474. The van der Waals surface area contributed by atoms with Crippen LogP contribution in [-0.4, -0.2) is 48.4 Å². The lowest BCUT2D eigenvalue weighted by Crippen LogP contribution is -2.32. The Morgan fingerprint density at radius 3 is 2.45 bits per heavy atom. The number of aromatic nitrogens is 2. The molecular weight excluding hydrogens is 425 g/mol. The monoisotopic (exact) mass is 447 g/mol. The van der Waals surface area contributed by atoms with E-state index in [2.05, 4.69) is 15.3 Å². The van der Waals surface area contributed by atoms with Gasteiger partial charge in [-0.15, -0.1) is 0 Å². The van der Waals surface area contributed by atoms with Crippen LogP contribution in [0.5, 0.6) is 11.8 Å². The standard InChI is InChI=1S/C19H22F5N5O2/c1-11(19(22,23)24)31-17-27-15(26-9-12-3-5-13(30-2)6-4-12)14(25)16(28-17)29-8-7-18(20,21)10-29/h3-6,11H,7-10,25H2,1-2H3,(H,26,27,28)/t11-/m0/s1. The summed E-state index contributed by atoms with van der Waals surface area (Å²) in [4.78, 5) is 9.03. The Bertz CT molecular complexity index is 908. The maximum atomic E-state index is 13.7. The zero-order valence-corrected chi connectivity index (χ0v) is 16.8. The molecule has 0 radical (unpaired) electrons. The third-order valence-corrected chi connectivity index (χ3v) is 4.74. The zero-order chi connectivity index (χ0) is 22.8. The van der Waals surface area contributed by atoms with Crippen LogP contribution >= 0.6 is 0 Å². The van der Waals surface area contributed by atoms with Crippen LogP contribution in [-0.2, 0) is 6.54 Å². The van der Waals surface area contributed by atoms with Crippen LogP contribution in [0.25, 0.3) is 0 Å². The van der Waals surface area contributed by atoms with E-state index < -0.39 is 37.2 Å². The van der Waals surface area contributed by atoms with Gasteiger partial charge in [0.15, 0.2) is 17.7 Å². The number of hydrogen-bond donors (Lipinski definition) is 2.